The normalized spacial score (nSPS) is 14.3. The number of halogens is 2. The highest BCUT2D eigenvalue weighted by Gasteiger charge is 2.22. The standard InChI is InChI=1S/C21H23F2N3O5S/c1-30-17-10-6-9-16(19(17)31-21(22)23)20(27)25-14-7-5-8-15(13-14)32(28,29)26-18-11-3-2-4-12-24-18/h5-10,13,21H,2-4,11-12H2,1H3,(H,24,26)(H,25,27). The van der Waals surface area contributed by atoms with Crippen molar-refractivity contribution in [3.8, 4) is 11.5 Å². The highest BCUT2D eigenvalue weighted by molar-refractivity contribution is 7.90. The van der Waals surface area contributed by atoms with Crippen LogP contribution in [0.15, 0.2) is 52.4 Å². The van der Waals surface area contributed by atoms with Crippen LogP contribution in [-0.2, 0) is 10.0 Å². The number of anilines is 1. The number of ether oxygens (including phenoxy) is 2. The quantitative estimate of drug-likeness (QED) is 0.644. The maximum atomic E-state index is 12.8. The lowest BCUT2D eigenvalue weighted by Crippen LogP contribution is -2.30. The first kappa shape index (κ1) is 23.5. The molecule has 11 heteroatoms. The number of hydrogen-bond acceptors (Lipinski definition) is 6. The van der Waals surface area contributed by atoms with E-state index in [0.717, 1.165) is 19.3 Å². The average molecular weight is 467 g/mol. The molecule has 1 aliphatic rings. The second-order valence-electron chi connectivity index (χ2n) is 6.94. The molecule has 0 aliphatic carbocycles. The number of amidine groups is 1. The summed E-state index contributed by atoms with van der Waals surface area (Å²) in [6, 6.07) is 9.71. The third kappa shape index (κ3) is 5.94. The van der Waals surface area contributed by atoms with E-state index in [1.54, 1.807) is 0 Å². The molecule has 0 radical (unpaired) electrons. The van der Waals surface area contributed by atoms with Crippen LogP contribution in [0, 0.1) is 0 Å². The van der Waals surface area contributed by atoms with E-state index in [9.17, 15) is 22.0 Å². The number of alkyl halides is 2. The minimum Gasteiger partial charge on any atom is -0.493 e. The van der Waals surface area contributed by atoms with Crippen LogP contribution in [0.2, 0.25) is 0 Å². The Balaban J connectivity index is 1.82. The number of nitrogens with one attached hydrogen (secondary N) is 2. The van der Waals surface area contributed by atoms with Crippen molar-refractivity contribution in [3.05, 3.63) is 48.0 Å². The van der Waals surface area contributed by atoms with Crippen molar-refractivity contribution in [3.63, 3.8) is 0 Å². The monoisotopic (exact) mass is 467 g/mol. The average Bonchev–Trinajstić information content (AvgIpc) is 3.02. The number of benzene rings is 2. The summed E-state index contributed by atoms with van der Waals surface area (Å²) in [7, 11) is -2.65. The highest BCUT2D eigenvalue weighted by Crippen LogP contribution is 2.33. The van der Waals surface area contributed by atoms with Crippen LogP contribution in [0.5, 0.6) is 11.5 Å². The molecule has 8 nitrogen and oxygen atoms in total. The number of hydrogen-bond donors (Lipinski definition) is 2. The molecule has 1 aliphatic heterocycles. The first-order chi connectivity index (χ1) is 15.3. The fraction of sp³-hybridized carbons (Fsp3) is 0.333. The molecule has 2 aromatic rings. The lowest BCUT2D eigenvalue weighted by Gasteiger charge is -2.15. The summed E-state index contributed by atoms with van der Waals surface area (Å²) in [5, 5.41) is 2.51. The van der Waals surface area contributed by atoms with Gasteiger partial charge >= 0.3 is 6.61 Å². The Morgan fingerprint density at radius 1 is 1.12 bits per heavy atom. The van der Waals surface area contributed by atoms with Crippen LogP contribution in [0.4, 0.5) is 14.5 Å². The van der Waals surface area contributed by atoms with Crippen molar-refractivity contribution < 1.29 is 31.5 Å². The number of rotatable bonds is 7. The number of nitrogens with zero attached hydrogens (tertiary/aromatic N) is 1. The number of para-hydroxylation sites is 1. The zero-order valence-corrected chi connectivity index (χ0v) is 18.1. The summed E-state index contributed by atoms with van der Waals surface area (Å²) < 4.78 is 63.1. The van der Waals surface area contributed by atoms with Crippen molar-refractivity contribution in [1.82, 2.24) is 4.72 Å². The molecule has 0 atom stereocenters. The molecule has 0 spiro atoms. The molecule has 172 valence electrons. The lowest BCUT2D eigenvalue weighted by atomic mass is 10.1. The number of carbonyl (C=O) groups is 1. The van der Waals surface area contributed by atoms with Gasteiger partial charge in [-0.3, -0.25) is 14.5 Å². The van der Waals surface area contributed by atoms with Gasteiger partial charge in [0.2, 0.25) is 0 Å². The van der Waals surface area contributed by atoms with E-state index in [-0.39, 0.29) is 21.9 Å². The van der Waals surface area contributed by atoms with E-state index >= 15 is 0 Å². The Hall–Kier alpha value is -3.21. The molecule has 2 aromatic carbocycles. The first-order valence-corrected chi connectivity index (χ1v) is 11.4. The van der Waals surface area contributed by atoms with Crippen LogP contribution < -0.4 is 19.5 Å². The molecule has 0 saturated carbocycles. The largest absolute Gasteiger partial charge is 0.493 e. The molecule has 1 heterocycles. The van der Waals surface area contributed by atoms with Crippen LogP contribution in [0.25, 0.3) is 0 Å². The van der Waals surface area contributed by atoms with E-state index in [2.05, 4.69) is 19.8 Å². The summed E-state index contributed by atoms with van der Waals surface area (Å²) in [4.78, 5) is 16.9. The highest BCUT2D eigenvalue weighted by atomic mass is 32.2. The van der Waals surface area contributed by atoms with Gasteiger partial charge in [-0.25, -0.2) is 8.42 Å². The molecule has 3 rings (SSSR count). The molecule has 2 N–H and O–H groups in total. The molecule has 1 amide bonds. The summed E-state index contributed by atoms with van der Waals surface area (Å²) in [5.41, 5.74) is -0.0321. The second kappa shape index (κ2) is 10.4. The molecule has 0 aromatic heterocycles. The number of methoxy groups -OCH3 is 1. The van der Waals surface area contributed by atoms with Gasteiger partial charge in [-0.05, 0) is 43.2 Å². The van der Waals surface area contributed by atoms with Gasteiger partial charge in [0.05, 0.1) is 17.6 Å². The van der Waals surface area contributed by atoms with Crippen LogP contribution >= 0.6 is 0 Å². The summed E-state index contributed by atoms with van der Waals surface area (Å²) >= 11 is 0. The number of amides is 1. The van der Waals surface area contributed by atoms with E-state index in [0.29, 0.717) is 18.8 Å². The Labute approximate surface area is 184 Å². The summed E-state index contributed by atoms with van der Waals surface area (Å²) in [5.74, 6) is -0.820. The van der Waals surface area contributed by atoms with E-state index in [1.807, 2.05) is 0 Å². The minimum absolute atomic E-state index is 0.0392. The predicted molar refractivity (Wildman–Crippen MR) is 115 cm³/mol. The lowest BCUT2D eigenvalue weighted by molar-refractivity contribution is -0.0515. The van der Waals surface area contributed by atoms with Gasteiger partial charge in [0, 0.05) is 18.7 Å². The van der Waals surface area contributed by atoms with Crippen molar-refractivity contribution in [1.29, 1.82) is 0 Å². The van der Waals surface area contributed by atoms with E-state index in [1.165, 1.54) is 49.6 Å². The van der Waals surface area contributed by atoms with Gasteiger partial charge in [0.15, 0.2) is 11.5 Å². The van der Waals surface area contributed by atoms with Gasteiger partial charge in [0.1, 0.15) is 5.84 Å². The molecule has 0 bridgehead atoms. The molecule has 32 heavy (non-hydrogen) atoms. The minimum atomic E-state index is -3.91. The Morgan fingerprint density at radius 3 is 2.66 bits per heavy atom. The summed E-state index contributed by atoms with van der Waals surface area (Å²) in [6.07, 6.45) is 3.28. The van der Waals surface area contributed by atoms with Gasteiger partial charge < -0.3 is 14.8 Å². The molecule has 0 saturated heterocycles. The van der Waals surface area contributed by atoms with Gasteiger partial charge in [-0.1, -0.05) is 18.6 Å². The third-order valence-corrected chi connectivity index (χ3v) is 6.06. The number of aliphatic imine (C=N–C) groups is 1. The van der Waals surface area contributed by atoms with E-state index in [4.69, 9.17) is 4.74 Å². The van der Waals surface area contributed by atoms with Crippen molar-refractivity contribution in [2.24, 2.45) is 4.99 Å². The molecule has 0 unspecified atom stereocenters. The first-order valence-electron chi connectivity index (χ1n) is 9.89. The topological polar surface area (TPSA) is 106 Å². The zero-order chi connectivity index (χ0) is 23.1. The van der Waals surface area contributed by atoms with Crippen LogP contribution in [0.1, 0.15) is 36.0 Å². The third-order valence-electron chi connectivity index (χ3n) is 4.68. The fourth-order valence-corrected chi connectivity index (χ4v) is 4.31. The maximum absolute atomic E-state index is 12.8. The van der Waals surface area contributed by atoms with Crippen molar-refractivity contribution in [2.75, 3.05) is 19.0 Å². The fourth-order valence-electron chi connectivity index (χ4n) is 3.18. The van der Waals surface area contributed by atoms with Crippen LogP contribution in [0.3, 0.4) is 0 Å². The van der Waals surface area contributed by atoms with Gasteiger partial charge in [0.25, 0.3) is 15.9 Å². The Bertz CT molecular complexity index is 1110. The van der Waals surface area contributed by atoms with Gasteiger partial charge in [-0.15, -0.1) is 0 Å². The predicted octanol–water partition coefficient (Wildman–Crippen LogP) is 3.80. The van der Waals surface area contributed by atoms with Crippen molar-refractivity contribution in [2.45, 2.75) is 37.2 Å². The number of sulfonamides is 1. The second-order valence-corrected chi connectivity index (χ2v) is 8.62. The zero-order valence-electron chi connectivity index (χ0n) is 17.3. The molecular formula is C21H23F2N3O5S. The van der Waals surface area contributed by atoms with Crippen molar-refractivity contribution >= 4 is 27.5 Å². The molecular weight excluding hydrogens is 444 g/mol. The Kier molecular flexibility index (Phi) is 7.62. The molecule has 0 fully saturated rings. The smallest absolute Gasteiger partial charge is 0.387 e. The maximum Gasteiger partial charge on any atom is 0.387 e. The SMILES string of the molecule is COc1cccc(C(=O)Nc2cccc(S(=O)(=O)NC3=NCCCCC3)c2)c1OC(F)F. The van der Waals surface area contributed by atoms with Gasteiger partial charge in [-0.2, -0.15) is 8.78 Å². The van der Waals surface area contributed by atoms with Crippen LogP contribution in [-0.4, -0.2) is 40.4 Å². The summed E-state index contributed by atoms with van der Waals surface area (Å²) in [6.45, 7) is -2.60. The Morgan fingerprint density at radius 2 is 1.91 bits per heavy atom. The number of carbonyl (C=O) groups excluding carboxylic acids is 1. The van der Waals surface area contributed by atoms with E-state index < -0.39 is 28.3 Å².